The van der Waals surface area contributed by atoms with Gasteiger partial charge < -0.3 is 20.3 Å². The molecule has 1 aromatic carbocycles. The molecular formula is C13H19NO3. The van der Waals surface area contributed by atoms with Gasteiger partial charge in [0.05, 0.1) is 19.3 Å². The highest BCUT2D eigenvalue weighted by atomic mass is 16.5. The molecule has 1 atom stereocenters. The van der Waals surface area contributed by atoms with Crippen molar-refractivity contribution in [3.05, 3.63) is 29.8 Å². The van der Waals surface area contributed by atoms with E-state index in [9.17, 15) is 5.11 Å². The summed E-state index contributed by atoms with van der Waals surface area (Å²) < 4.78 is 5.11. The Balaban J connectivity index is 1.83. The normalized spacial score (nSPS) is 25.1. The lowest BCUT2D eigenvalue weighted by Crippen LogP contribution is -2.45. The van der Waals surface area contributed by atoms with Crippen LogP contribution in [0.4, 0.5) is 0 Å². The summed E-state index contributed by atoms with van der Waals surface area (Å²) in [6.07, 6.45) is 0.861. The van der Waals surface area contributed by atoms with Crippen LogP contribution in [0.3, 0.4) is 0 Å². The number of ether oxygens (including phenoxy) is 1. The lowest BCUT2D eigenvalue weighted by Gasteiger charge is -2.32. The Bertz CT molecular complexity index is 363. The number of hydrogen-bond acceptors (Lipinski definition) is 4. The Morgan fingerprint density at radius 1 is 1.47 bits per heavy atom. The second-order valence-electron chi connectivity index (χ2n) is 4.52. The van der Waals surface area contributed by atoms with Crippen molar-refractivity contribution in [2.75, 3.05) is 13.7 Å². The standard InChI is InChI=1S/C13H19NO3/c1-17-12-4-2-3-9(5-12)13(16)8-14-10-6-11(15)7-10/h2-5,10-11,13-16H,6-8H2,1H3. The molecule has 0 aromatic heterocycles. The molecule has 1 aliphatic rings. The summed E-state index contributed by atoms with van der Waals surface area (Å²) in [7, 11) is 1.61. The third-order valence-corrected chi connectivity index (χ3v) is 3.19. The SMILES string of the molecule is COc1cccc(C(O)CNC2CC(O)C2)c1. The third kappa shape index (κ3) is 3.19. The minimum absolute atomic E-state index is 0.165. The van der Waals surface area contributed by atoms with Crippen LogP contribution in [0.2, 0.25) is 0 Å². The number of hydrogen-bond donors (Lipinski definition) is 3. The second kappa shape index (κ2) is 5.49. The Hall–Kier alpha value is -1.10. The molecule has 94 valence electrons. The van der Waals surface area contributed by atoms with E-state index in [1.54, 1.807) is 7.11 Å². The summed E-state index contributed by atoms with van der Waals surface area (Å²) in [4.78, 5) is 0. The summed E-state index contributed by atoms with van der Waals surface area (Å²) in [5.41, 5.74) is 0.844. The van der Waals surface area contributed by atoms with E-state index in [4.69, 9.17) is 9.84 Å². The first-order chi connectivity index (χ1) is 8.19. The summed E-state index contributed by atoms with van der Waals surface area (Å²) in [6.45, 7) is 0.505. The molecule has 3 N–H and O–H groups in total. The molecule has 1 aliphatic carbocycles. The molecule has 4 nitrogen and oxygen atoms in total. The molecule has 0 saturated heterocycles. The van der Waals surface area contributed by atoms with Crippen LogP contribution >= 0.6 is 0 Å². The molecule has 0 radical (unpaired) electrons. The molecular weight excluding hydrogens is 218 g/mol. The topological polar surface area (TPSA) is 61.7 Å². The van der Waals surface area contributed by atoms with E-state index in [0.29, 0.717) is 12.6 Å². The van der Waals surface area contributed by atoms with Crippen LogP contribution in [0, 0.1) is 0 Å². The summed E-state index contributed by atoms with van der Waals surface area (Å²) in [6, 6.07) is 7.77. The van der Waals surface area contributed by atoms with Crippen molar-refractivity contribution < 1.29 is 14.9 Å². The van der Waals surface area contributed by atoms with Crippen molar-refractivity contribution in [3.8, 4) is 5.75 Å². The van der Waals surface area contributed by atoms with Gasteiger partial charge in [-0.05, 0) is 30.5 Å². The lowest BCUT2D eigenvalue weighted by atomic mass is 9.89. The number of methoxy groups -OCH3 is 1. The largest absolute Gasteiger partial charge is 0.497 e. The first-order valence-electron chi connectivity index (χ1n) is 5.92. The molecule has 0 bridgehead atoms. The fraction of sp³-hybridized carbons (Fsp3) is 0.538. The van der Waals surface area contributed by atoms with Gasteiger partial charge in [-0.3, -0.25) is 0 Å². The maximum atomic E-state index is 9.99. The van der Waals surface area contributed by atoms with Crippen LogP contribution in [0.15, 0.2) is 24.3 Å². The van der Waals surface area contributed by atoms with Crippen LogP contribution in [-0.4, -0.2) is 36.0 Å². The molecule has 0 heterocycles. The summed E-state index contributed by atoms with van der Waals surface area (Å²) >= 11 is 0. The van der Waals surface area contributed by atoms with Crippen molar-refractivity contribution >= 4 is 0 Å². The second-order valence-corrected chi connectivity index (χ2v) is 4.52. The first-order valence-corrected chi connectivity index (χ1v) is 5.92. The molecule has 0 amide bonds. The Labute approximate surface area is 101 Å². The van der Waals surface area contributed by atoms with Crippen molar-refractivity contribution in [3.63, 3.8) is 0 Å². The van der Waals surface area contributed by atoms with E-state index >= 15 is 0 Å². The zero-order chi connectivity index (χ0) is 12.3. The molecule has 0 spiro atoms. The fourth-order valence-corrected chi connectivity index (χ4v) is 2.00. The molecule has 1 aromatic rings. The van der Waals surface area contributed by atoms with Crippen molar-refractivity contribution in [1.29, 1.82) is 0 Å². The maximum Gasteiger partial charge on any atom is 0.119 e. The van der Waals surface area contributed by atoms with Crippen LogP contribution in [0.5, 0.6) is 5.75 Å². The molecule has 1 saturated carbocycles. The maximum absolute atomic E-state index is 9.99. The van der Waals surface area contributed by atoms with Gasteiger partial charge in [0.1, 0.15) is 5.75 Å². The Kier molecular flexibility index (Phi) is 3.99. The van der Waals surface area contributed by atoms with Gasteiger partial charge in [-0.1, -0.05) is 12.1 Å². The zero-order valence-electron chi connectivity index (χ0n) is 9.97. The molecule has 2 rings (SSSR count). The van der Waals surface area contributed by atoms with E-state index in [1.807, 2.05) is 24.3 Å². The van der Waals surface area contributed by atoms with Crippen LogP contribution in [-0.2, 0) is 0 Å². The number of aliphatic hydroxyl groups excluding tert-OH is 2. The average Bonchev–Trinajstić information content (AvgIpc) is 2.33. The van der Waals surface area contributed by atoms with Crippen molar-refractivity contribution in [1.82, 2.24) is 5.32 Å². The molecule has 0 aliphatic heterocycles. The summed E-state index contributed by atoms with van der Waals surface area (Å²) in [5, 5.41) is 22.4. The number of aliphatic hydroxyl groups is 2. The smallest absolute Gasteiger partial charge is 0.119 e. The quantitative estimate of drug-likeness (QED) is 0.710. The van der Waals surface area contributed by atoms with Gasteiger partial charge in [0.25, 0.3) is 0 Å². The van der Waals surface area contributed by atoms with Crippen molar-refractivity contribution in [2.45, 2.75) is 31.1 Å². The number of benzene rings is 1. The van der Waals surface area contributed by atoms with Gasteiger partial charge in [-0.2, -0.15) is 0 Å². The Morgan fingerprint density at radius 2 is 2.24 bits per heavy atom. The predicted octanol–water partition coefficient (Wildman–Crippen LogP) is 0.842. The lowest BCUT2D eigenvalue weighted by molar-refractivity contribution is 0.0551. The van der Waals surface area contributed by atoms with Crippen LogP contribution < -0.4 is 10.1 Å². The van der Waals surface area contributed by atoms with Gasteiger partial charge in [0.2, 0.25) is 0 Å². The minimum atomic E-state index is -0.539. The van der Waals surface area contributed by atoms with Gasteiger partial charge >= 0.3 is 0 Å². The fourth-order valence-electron chi connectivity index (χ4n) is 2.00. The molecule has 4 heteroatoms. The van der Waals surface area contributed by atoms with Crippen LogP contribution in [0.25, 0.3) is 0 Å². The van der Waals surface area contributed by atoms with Gasteiger partial charge in [-0.15, -0.1) is 0 Å². The predicted molar refractivity (Wildman–Crippen MR) is 65.0 cm³/mol. The van der Waals surface area contributed by atoms with E-state index < -0.39 is 6.10 Å². The van der Waals surface area contributed by atoms with E-state index in [-0.39, 0.29) is 6.10 Å². The first kappa shape index (κ1) is 12.4. The third-order valence-electron chi connectivity index (χ3n) is 3.19. The highest BCUT2D eigenvalue weighted by Gasteiger charge is 2.27. The van der Waals surface area contributed by atoms with Crippen molar-refractivity contribution in [2.24, 2.45) is 0 Å². The molecule has 17 heavy (non-hydrogen) atoms. The van der Waals surface area contributed by atoms with Gasteiger partial charge in [-0.25, -0.2) is 0 Å². The molecule has 1 unspecified atom stereocenters. The summed E-state index contributed by atoms with van der Waals surface area (Å²) in [5.74, 6) is 0.751. The van der Waals surface area contributed by atoms with E-state index in [0.717, 1.165) is 24.2 Å². The van der Waals surface area contributed by atoms with Gasteiger partial charge in [0, 0.05) is 12.6 Å². The minimum Gasteiger partial charge on any atom is -0.497 e. The average molecular weight is 237 g/mol. The van der Waals surface area contributed by atoms with Gasteiger partial charge in [0.15, 0.2) is 0 Å². The molecule has 1 fully saturated rings. The highest BCUT2D eigenvalue weighted by molar-refractivity contribution is 5.29. The van der Waals surface area contributed by atoms with Crippen LogP contribution in [0.1, 0.15) is 24.5 Å². The highest BCUT2D eigenvalue weighted by Crippen LogP contribution is 2.22. The van der Waals surface area contributed by atoms with E-state index in [2.05, 4.69) is 5.32 Å². The Morgan fingerprint density at radius 3 is 2.88 bits per heavy atom. The zero-order valence-corrected chi connectivity index (χ0v) is 9.97. The monoisotopic (exact) mass is 237 g/mol. The van der Waals surface area contributed by atoms with E-state index in [1.165, 1.54) is 0 Å². The number of nitrogens with one attached hydrogen (secondary N) is 1. The number of rotatable bonds is 5.